The van der Waals surface area contributed by atoms with Gasteiger partial charge in [0.2, 0.25) is 0 Å². The van der Waals surface area contributed by atoms with Crippen LogP contribution in [-0.2, 0) is 19.1 Å². The predicted molar refractivity (Wildman–Crippen MR) is 79.0 cm³/mol. The Bertz CT molecular complexity index is 677. The van der Waals surface area contributed by atoms with E-state index in [4.69, 9.17) is 9.47 Å². The van der Waals surface area contributed by atoms with E-state index in [1.807, 2.05) is 0 Å². The summed E-state index contributed by atoms with van der Waals surface area (Å²) in [5.74, 6) is -2.14. The van der Waals surface area contributed by atoms with Crippen molar-refractivity contribution < 1.29 is 19.1 Å². The molecule has 116 valence electrons. The predicted octanol–water partition coefficient (Wildman–Crippen LogP) is 1.05. The van der Waals surface area contributed by atoms with Gasteiger partial charge >= 0.3 is 5.97 Å². The van der Waals surface area contributed by atoms with Crippen LogP contribution in [0.2, 0.25) is 0 Å². The molecule has 2 aromatic rings. The molecule has 1 unspecified atom stereocenters. The molecule has 0 spiro atoms. The second-order valence-corrected chi connectivity index (χ2v) is 4.40. The van der Waals surface area contributed by atoms with Gasteiger partial charge in [0.15, 0.2) is 11.7 Å². The summed E-state index contributed by atoms with van der Waals surface area (Å²) in [5, 5.41) is 10.4. The van der Waals surface area contributed by atoms with E-state index in [-0.39, 0.29) is 13.2 Å². The minimum absolute atomic E-state index is 0.183. The number of hydrogen-bond acceptors (Lipinski definition) is 7. The number of methoxy groups -OCH3 is 1. The van der Waals surface area contributed by atoms with Crippen LogP contribution in [0.5, 0.6) is 0 Å². The summed E-state index contributed by atoms with van der Waals surface area (Å²) in [5.41, 5.74) is 1.91. The maximum Gasteiger partial charge on any atom is 0.322 e. The van der Waals surface area contributed by atoms with Crippen LogP contribution in [0.25, 0.3) is 11.0 Å². The van der Waals surface area contributed by atoms with Crippen molar-refractivity contribution in [3.8, 4) is 0 Å². The molecule has 0 saturated carbocycles. The normalized spacial score (nSPS) is 12.6. The highest BCUT2D eigenvalue weighted by Crippen LogP contribution is 2.17. The van der Waals surface area contributed by atoms with Crippen molar-refractivity contribution in [2.45, 2.75) is 6.92 Å². The molecule has 0 saturated heterocycles. The lowest BCUT2D eigenvalue weighted by Crippen LogP contribution is -2.30. The number of fused-ring (bicyclic) bond motifs is 1. The summed E-state index contributed by atoms with van der Waals surface area (Å²) in [6.45, 7) is 1.68. The van der Waals surface area contributed by atoms with Gasteiger partial charge < -0.3 is 9.47 Å². The Hall–Kier alpha value is -2.61. The Morgan fingerprint density at radius 3 is 2.86 bits per heavy atom. The maximum atomic E-state index is 11.9. The first-order chi connectivity index (χ1) is 10.7. The molecule has 1 aromatic heterocycles. The number of benzene rings is 1. The number of carbonyl (C=O) groups is 2. The molecule has 1 aromatic carbocycles. The molecule has 22 heavy (non-hydrogen) atoms. The Morgan fingerprint density at radius 1 is 1.36 bits per heavy atom. The van der Waals surface area contributed by atoms with Gasteiger partial charge in [-0.2, -0.15) is 15.4 Å². The van der Waals surface area contributed by atoms with Crippen molar-refractivity contribution in [3.63, 3.8) is 0 Å². The fourth-order valence-electron chi connectivity index (χ4n) is 1.81. The van der Waals surface area contributed by atoms with E-state index >= 15 is 0 Å². The van der Waals surface area contributed by atoms with Crippen molar-refractivity contribution in [1.82, 2.24) is 15.4 Å². The molecule has 1 heterocycles. The van der Waals surface area contributed by atoms with E-state index < -0.39 is 17.7 Å². The molecule has 1 N–H and O–H groups in total. The summed E-state index contributed by atoms with van der Waals surface area (Å²) >= 11 is 0. The van der Waals surface area contributed by atoms with Crippen molar-refractivity contribution >= 4 is 34.7 Å². The van der Waals surface area contributed by atoms with Gasteiger partial charge in [-0.1, -0.05) is 0 Å². The highest BCUT2D eigenvalue weighted by atomic mass is 16.5. The van der Waals surface area contributed by atoms with Crippen molar-refractivity contribution in [1.29, 1.82) is 0 Å². The number of rotatable bonds is 7. The van der Waals surface area contributed by atoms with Crippen LogP contribution < -0.4 is 0 Å². The number of nitrogens with one attached hydrogen (secondary N) is 1. The third-order valence-electron chi connectivity index (χ3n) is 2.85. The number of ether oxygens (including phenoxy) is 2. The fraction of sp³-hybridized carbons (Fsp3) is 0.357. The molecule has 0 radical (unpaired) electrons. The number of esters is 1. The molecule has 0 fully saturated rings. The van der Waals surface area contributed by atoms with Gasteiger partial charge in [0, 0.05) is 13.3 Å². The van der Waals surface area contributed by atoms with E-state index in [0.717, 1.165) is 0 Å². The van der Waals surface area contributed by atoms with Crippen molar-refractivity contribution in [2.75, 3.05) is 20.3 Å². The van der Waals surface area contributed by atoms with Crippen molar-refractivity contribution in [3.05, 3.63) is 18.2 Å². The molecule has 8 heteroatoms. The van der Waals surface area contributed by atoms with E-state index in [1.54, 1.807) is 25.1 Å². The summed E-state index contributed by atoms with van der Waals surface area (Å²) < 4.78 is 9.65. The number of aliphatic imine (C=N–C) groups is 1. The number of aromatic amines is 1. The Labute approximate surface area is 126 Å². The van der Waals surface area contributed by atoms with Gasteiger partial charge in [0.1, 0.15) is 17.6 Å². The van der Waals surface area contributed by atoms with E-state index in [1.165, 1.54) is 13.3 Å². The van der Waals surface area contributed by atoms with Crippen LogP contribution in [0.3, 0.4) is 0 Å². The van der Waals surface area contributed by atoms with Gasteiger partial charge in [0.25, 0.3) is 0 Å². The summed E-state index contributed by atoms with van der Waals surface area (Å²) in [4.78, 5) is 27.9. The van der Waals surface area contributed by atoms with Gasteiger partial charge in [-0.05, 0) is 25.1 Å². The number of aromatic nitrogens is 3. The third kappa shape index (κ3) is 3.73. The topological polar surface area (TPSA) is 107 Å². The molecule has 0 bridgehead atoms. The first-order valence-corrected chi connectivity index (χ1v) is 6.68. The highest BCUT2D eigenvalue weighted by molar-refractivity contribution is 6.12. The Kier molecular flexibility index (Phi) is 5.31. The summed E-state index contributed by atoms with van der Waals surface area (Å²) in [6, 6.07) is 5.14. The third-order valence-corrected chi connectivity index (χ3v) is 2.85. The maximum absolute atomic E-state index is 11.9. The summed E-state index contributed by atoms with van der Waals surface area (Å²) in [7, 11) is 1.38. The minimum Gasteiger partial charge on any atom is -0.465 e. The number of Topliss-reactive ketones (excluding diaryl/α,β-unsaturated/α-hetero) is 1. The number of H-pyrrole nitrogens is 1. The number of carbonyl (C=O) groups excluding carboxylic acids is 2. The van der Waals surface area contributed by atoms with Crippen LogP contribution in [0, 0.1) is 5.92 Å². The standard InChI is InChI=1S/C14H16N4O4/c1-3-22-14(20)10(13(19)8-21-2)7-15-9-4-5-11-12(6-9)17-18-16-11/h4-7,10H,3,8H2,1-2H3,(H,16,17,18). The smallest absolute Gasteiger partial charge is 0.322 e. The van der Waals surface area contributed by atoms with Crippen LogP contribution in [-0.4, -0.2) is 53.7 Å². The monoisotopic (exact) mass is 304 g/mol. The Morgan fingerprint density at radius 2 is 2.14 bits per heavy atom. The van der Waals surface area contributed by atoms with Crippen LogP contribution in [0.4, 0.5) is 5.69 Å². The Balaban J connectivity index is 2.20. The van der Waals surface area contributed by atoms with Gasteiger partial charge in [0.05, 0.1) is 12.3 Å². The summed E-state index contributed by atoms with van der Waals surface area (Å²) in [6.07, 6.45) is 1.26. The average Bonchev–Trinajstić information content (AvgIpc) is 2.95. The minimum atomic E-state index is -1.09. The zero-order valence-electron chi connectivity index (χ0n) is 12.3. The molecular formula is C14H16N4O4. The first kappa shape index (κ1) is 15.8. The number of hydrogen-bond donors (Lipinski definition) is 1. The molecule has 2 rings (SSSR count). The van der Waals surface area contributed by atoms with Crippen LogP contribution in [0.1, 0.15) is 6.92 Å². The zero-order valence-corrected chi connectivity index (χ0v) is 12.3. The highest BCUT2D eigenvalue weighted by Gasteiger charge is 2.25. The first-order valence-electron chi connectivity index (χ1n) is 6.68. The molecule has 1 atom stereocenters. The van der Waals surface area contributed by atoms with E-state index in [0.29, 0.717) is 16.7 Å². The number of ketones is 1. The van der Waals surface area contributed by atoms with Gasteiger partial charge in [-0.25, -0.2) is 0 Å². The fourth-order valence-corrected chi connectivity index (χ4v) is 1.81. The molecule has 0 aliphatic carbocycles. The lowest BCUT2D eigenvalue weighted by atomic mass is 10.1. The largest absolute Gasteiger partial charge is 0.465 e. The molecule has 0 amide bonds. The molecular weight excluding hydrogens is 288 g/mol. The van der Waals surface area contributed by atoms with E-state index in [2.05, 4.69) is 20.4 Å². The van der Waals surface area contributed by atoms with E-state index in [9.17, 15) is 9.59 Å². The average molecular weight is 304 g/mol. The van der Waals surface area contributed by atoms with Gasteiger partial charge in [-0.15, -0.1) is 0 Å². The lowest BCUT2D eigenvalue weighted by molar-refractivity contribution is -0.149. The lowest BCUT2D eigenvalue weighted by Gasteiger charge is -2.09. The quantitative estimate of drug-likeness (QED) is 0.465. The SMILES string of the molecule is CCOC(=O)C(C=Nc1ccc2n[nH]nc2c1)C(=O)COC. The number of nitrogens with zero attached hydrogens (tertiary/aromatic N) is 3. The van der Waals surface area contributed by atoms with Crippen LogP contribution >= 0.6 is 0 Å². The second-order valence-electron chi connectivity index (χ2n) is 4.40. The zero-order chi connectivity index (χ0) is 15.9. The molecule has 0 aliphatic heterocycles. The molecule has 8 nitrogen and oxygen atoms in total. The second kappa shape index (κ2) is 7.41. The van der Waals surface area contributed by atoms with Gasteiger partial charge in [-0.3, -0.25) is 14.6 Å². The van der Waals surface area contributed by atoms with Crippen molar-refractivity contribution in [2.24, 2.45) is 10.9 Å². The molecule has 0 aliphatic rings. The van der Waals surface area contributed by atoms with Crippen LogP contribution in [0.15, 0.2) is 23.2 Å².